The van der Waals surface area contributed by atoms with E-state index in [0.29, 0.717) is 12.8 Å². The van der Waals surface area contributed by atoms with Crippen LogP contribution in [0.3, 0.4) is 0 Å². The SMILES string of the molecule is CCC(N)(CC)CCCP(=O)(O)O. The van der Waals surface area contributed by atoms with Crippen molar-refractivity contribution in [2.75, 3.05) is 6.16 Å². The van der Waals surface area contributed by atoms with E-state index in [0.717, 1.165) is 12.8 Å². The molecule has 0 radical (unpaired) electrons. The lowest BCUT2D eigenvalue weighted by atomic mass is 9.89. The minimum absolute atomic E-state index is 0.0497. The van der Waals surface area contributed by atoms with Crippen LogP contribution < -0.4 is 5.73 Å². The standard InChI is InChI=1S/C8H20NO3P/c1-3-8(9,4-2)6-5-7-13(10,11)12/h3-7,9H2,1-2H3,(H2,10,11,12). The lowest BCUT2D eigenvalue weighted by molar-refractivity contribution is 0.346. The van der Waals surface area contributed by atoms with Gasteiger partial charge in [-0.3, -0.25) is 4.57 Å². The van der Waals surface area contributed by atoms with E-state index < -0.39 is 7.60 Å². The molecule has 0 aliphatic carbocycles. The Balaban J connectivity index is 3.81. The van der Waals surface area contributed by atoms with Gasteiger partial charge in [-0.2, -0.15) is 0 Å². The lowest BCUT2D eigenvalue weighted by Gasteiger charge is -2.26. The van der Waals surface area contributed by atoms with E-state index in [1.54, 1.807) is 0 Å². The fourth-order valence-corrected chi connectivity index (χ4v) is 1.81. The molecule has 13 heavy (non-hydrogen) atoms. The van der Waals surface area contributed by atoms with Crippen molar-refractivity contribution in [3.63, 3.8) is 0 Å². The Hall–Kier alpha value is 0.110. The Kier molecular flexibility index (Phi) is 5.15. The summed E-state index contributed by atoms with van der Waals surface area (Å²) in [6.45, 7) is 4.00. The summed E-state index contributed by atoms with van der Waals surface area (Å²) in [5.41, 5.74) is 5.73. The Bertz CT molecular complexity index is 186. The van der Waals surface area contributed by atoms with Crippen molar-refractivity contribution in [3.8, 4) is 0 Å². The molecule has 0 aromatic heterocycles. The molecule has 0 saturated heterocycles. The van der Waals surface area contributed by atoms with E-state index in [-0.39, 0.29) is 11.7 Å². The van der Waals surface area contributed by atoms with Crippen molar-refractivity contribution in [1.82, 2.24) is 0 Å². The highest BCUT2D eigenvalue weighted by atomic mass is 31.2. The second-order valence-corrected chi connectivity index (χ2v) is 5.34. The molecule has 0 bridgehead atoms. The van der Waals surface area contributed by atoms with Crippen molar-refractivity contribution in [2.24, 2.45) is 5.73 Å². The van der Waals surface area contributed by atoms with Crippen LogP contribution in [0.25, 0.3) is 0 Å². The zero-order valence-corrected chi connectivity index (χ0v) is 9.26. The minimum Gasteiger partial charge on any atom is -0.325 e. The Morgan fingerprint density at radius 3 is 2.08 bits per heavy atom. The highest BCUT2D eigenvalue weighted by molar-refractivity contribution is 7.51. The summed E-state index contributed by atoms with van der Waals surface area (Å²) in [5.74, 6) is 0. The maximum absolute atomic E-state index is 10.5. The average molecular weight is 209 g/mol. The van der Waals surface area contributed by atoms with E-state index in [1.807, 2.05) is 13.8 Å². The third kappa shape index (κ3) is 6.22. The predicted octanol–water partition coefficient (Wildman–Crippen LogP) is 1.46. The highest BCUT2D eigenvalue weighted by Gasteiger charge is 2.21. The van der Waals surface area contributed by atoms with Crippen molar-refractivity contribution >= 4 is 7.60 Å². The molecule has 0 aliphatic rings. The fraction of sp³-hybridized carbons (Fsp3) is 1.00. The van der Waals surface area contributed by atoms with Gasteiger partial charge in [0.2, 0.25) is 0 Å². The van der Waals surface area contributed by atoms with Gasteiger partial charge in [-0.25, -0.2) is 0 Å². The van der Waals surface area contributed by atoms with E-state index in [2.05, 4.69) is 0 Å². The van der Waals surface area contributed by atoms with Gasteiger partial charge in [0.15, 0.2) is 0 Å². The molecule has 4 nitrogen and oxygen atoms in total. The molecule has 0 amide bonds. The van der Waals surface area contributed by atoms with Crippen LogP contribution in [-0.2, 0) is 4.57 Å². The van der Waals surface area contributed by atoms with Crippen molar-refractivity contribution in [2.45, 2.75) is 45.1 Å². The zero-order valence-electron chi connectivity index (χ0n) is 8.36. The summed E-state index contributed by atoms with van der Waals surface area (Å²) in [6, 6.07) is 0. The summed E-state index contributed by atoms with van der Waals surface area (Å²) in [6.07, 6.45) is 2.84. The molecule has 0 unspecified atom stereocenters. The Morgan fingerprint density at radius 2 is 1.77 bits per heavy atom. The first-order valence-electron chi connectivity index (χ1n) is 4.66. The number of rotatable bonds is 6. The fourth-order valence-electron chi connectivity index (χ4n) is 1.24. The minimum atomic E-state index is -3.83. The topological polar surface area (TPSA) is 83.6 Å². The van der Waals surface area contributed by atoms with E-state index >= 15 is 0 Å². The van der Waals surface area contributed by atoms with Gasteiger partial charge in [0.05, 0.1) is 0 Å². The van der Waals surface area contributed by atoms with Gasteiger partial charge in [0.1, 0.15) is 0 Å². The van der Waals surface area contributed by atoms with E-state index in [1.165, 1.54) is 0 Å². The van der Waals surface area contributed by atoms with Crippen LogP contribution in [0.2, 0.25) is 0 Å². The largest absolute Gasteiger partial charge is 0.325 e. The van der Waals surface area contributed by atoms with Gasteiger partial charge in [-0.05, 0) is 25.7 Å². The van der Waals surface area contributed by atoms with Crippen LogP contribution in [0.4, 0.5) is 0 Å². The maximum atomic E-state index is 10.5. The molecule has 0 aliphatic heterocycles. The molecule has 0 spiro atoms. The summed E-state index contributed by atoms with van der Waals surface area (Å²) in [5, 5.41) is 0. The highest BCUT2D eigenvalue weighted by Crippen LogP contribution is 2.36. The molecule has 4 N–H and O–H groups in total. The molecule has 0 saturated carbocycles. The molecule has 0 atom stereocenters. The number of nitrogens with two attached hydrogens (primary N) is 1. The van der Waals surface area contributed by atoms with Crippen molar-refractivity contribution in [1.29, 1.82) is 0 Å². The summed E-state index contributed by atoms with van der Waals surface area (Å²) in [7, 11) is -3.83. The second-order valence-electron chi connectivity index (χ2n) is 3.56. The quantitative estimate of drug-likeness (QED) is 0.578. The maximum Gasteiger partial charge on any atom is 0.325 e. The molecule has 0 aromatic carbocycles. The Morgan fingerprint density at radius 1 is 1.31 bits per heavy atom. The first-order valence-corrected chi connectivity index (χ1v) is 6.46. The first kappa shape index (κ1) is 13.1. The molecule has 0 rings (SSSR count). The molecule has 0 aromatic rings. The van der Waals surface area contributed by atoms with Crippen LogP contribution in [-0.4, -0.2) is 21.5 Å². The van der Waals surface area contributed by atoms with Crippen LogP contribution in [0.1, 0.15) is 39.5 Å². The van der Waals surface area contributed by atoms with E-state index in [4.69, 9.17) is 15.5 Å². The zero-order chi connectivity index (χ0) is 10.5. The number of hydrogen-bond acceptors (Lipinski definition) is 2. The van der Waals surface area contributed by atoms with Gasteiger partial charge in [-0.15, -0.1) is 0 Å². The molecule has 80 valence electrons. The van der Waals surface area contributed by atoms with Crippen LogP contribution in [0, 0.1) is 0 Å². The molecular weight excluding hydrogens is 189 g/mol. The monoisotopic (exact) mass is 209 g/mol. The molecular formula is C8H20NO3P. The van der Waals surface area contributed by atoms with Crippen LogP contribution in [0.15, 0.2) is 0 Å². The third-order valence-corrected chi connectivity index (χ3v) is 3.43. The van der Waals surface area contributed by atoms with Crippen LogP contribution >= 0.6 is 7.60 Å². The van der Waals surface area contributed by atoms with Crippen LogP contribution in [0.5, 0.6) is 0 Å². The lowest BCUT2D eigenvalue weighted by Crippen LogP contribution is -2.38. The summed E-state index contributed by atoms with van der Waals surface area (Å²) in [4.78, 5) is 17.3. The number of hydrogen-bond donors (Lipinski definition) is 3. The van der Waals surface area contributed by atoms with Gasteiger partial charge in [0, 0.05) is 11.7 Å². The summed E-state index contributed by atoms with van der Waals surface area (Å²) < 4.78 is 10.5. The summed E-state index contributed by atoms with van der Waals surface area (Å²) >= 11 is 0. The molecule has 0 heterocycles. The smallest absolute Gasteiger partial charge is 0.325 e. The van der Waals surface area contributed by atoms with Gasteiger partial charge in [-0.1, -0.05) is 13.8 Å². The molecule has 0 fully saturated rings. The third-order valence-electron chi connectivity index (χ3n) is 2.53. The molecule has 5 heteroatoms. The van der Waals surface area contributed by atoms with Gasteiger partial charge >= 0.3 is 7.60 Å². The normalized spacial score (nSPS) is 13.3. The second kappa shape index (κ2) is 5.11. The van der Waals surface area contributed by atoms with Crippen molar-refractivity contribution < 1.29 is 14.4 Å². The van der Waals surface area contributed by atoms with Crippen molar-refractivity contribution in [3.05, 3.63) is 0 Å². The van der Waals surface area contributed by atoms with E-state index in [9.17, 15) is 4.57 Å². The average Bonchev–Trinajstić information content (AvgIpc) is 2.02. The van der Waals surface area contributed by atoms with Gasteiger partial charge in [0.25, 0.3) is 0 Å². The first-order chi connectivity index (χ1) is 5.83. The predicted molar refractivity (Wildman–Crippen MR) is 53.6 cm³/mol. The Labute approximate surface area is 79.7 Å². The van der Waals surface area contributed by atoms with Gasteiger partial charge < -0.3 is 15.5 Å².